The van der Waals surface area contributed by atoms with Gasteiger partial charge in [-0.1, -0.05) is 18.2 Å². The summed E-state index contributed by atoms with van der Waals surface area (Å²) in [6, 6.07) is 7.45. The van der Waals surface area contributed by atoms with Gasteiger partial charge in [-0.15, -0.1) is 0 Å². The lowest BCUT2D eigenvalue weighted by Crippen LogP contribution is -2.55. The molecule has 1 N–H and O–H groups in total. The van der Waals surface area contributed by atoms with Crippen molar-refractivity contribution in [2.45, 2.75) is 27.7 Å². The Morgan fingerprint density at radius 2 is 1.65 bits per heavy atom. The highest BCUT2D eigenvalue weighted by atomic mass is 16.6. The van der Waals surface area contributed by atoms with Gasteiger partial charge < -0.3 is 19.9 Å². The van der Waals surface area contributed by atoms with Crippen molar-refractivity contribution < 1.29 is 19.1 Å². The van der Waals surface area contributed by atoms with Crippen LogP contribution < -0.4 is 5.32 Å². The molecule has 0 bridgehead atoms. The number of benzene rings is 1. The number of piperazine rings is 1. The van der Waals surface area contributed by atoms with E-state index in [9.17, 15) is 14.4 Å². The number of anilines is 1. The van der Waals surface area contributed by atoms with E-state index in [0.29, 0.717) is 38.5 Å². The highest BCUT2D eigenvalue weighted by Crippen LogP contribution is 2.24. The van der Waals surface area contributed by atoms with Crippen LogP contribution >= 0.6 is 0 Å². The highest BCUT2D eigenvalue weighted by Gasteiger charge is 2.40. The van der Waals surface area contributed by atoms with Crippen LogP contribution in [0.15, 0.2) is 24.3 Å². The second-order valence-electron chi connectivity index (χ2n) is 6.87. The van der Waals surface area contributed by atoms with E-state index in [1.165, 1.54) is 0 Å². The molecule has 1 aromatic carbocycles. The monoisotopic (exact) mass is 361 g/mol. The maximum absolute atomic E-state index is 12.9. The van der Waals surface area contributed by atoms with Gasteiger partial charge in [-0.3, -0.25) is 9.59 Å². The smallest absolute Gasteiger partial charge is 0.409 e. The van der Waals surface area contributed by atoms with Gasteiger partial charge >= 0.3 is 6.09 Å². The first kappa shape index (κ1) is 19.8. The van der Waals surface area contributed by atoms with E-state index in [1.54, 1.807) is 30.6 Å². The topological polar surface area (TPSA) is 79.0 Å². The number of aryl methyl sites for hydroxylation is 1. The van der Waals surface area contributed by atoms with Gasteiger partial charge in [-0.25, -0.2) is 4.79 Å². The molecular weight excluding hydrogens is 334 g/mol. The van der Waals surface area contributed by atoms with Crippen LogP contribution in [0.1, 0.15) is 26.3 Å². The molecule has 26 heavy (non-hydrogen) atoms. The molecule has 0 saturated carbocycles. The fourth-order valence-corrected chi connectivity index (χ4v) is 2.79. The summed E-state index contributed by atoms with van der Waals surface area (Å²) >= 11 is 0. The van der Waals surface area contributed by atoms with E-state index in [4.69, 9.17) is 4.74 Å². The first-order valence-electron chi connectivity index (χ1n) is 8.85. The zero-order chi connectivity index (χ0) is 19.3. The molecular formula is C19H27N3O4. The number of nitrogens with one attached hydrogen (secondary N) is 1. The zero-order valence-electron chi connectivity index (χ0n) is 15.9. The molecule has 1 aliphatic heterocycles. The molecule has 1 saturated heterocycles. The van der Waals surface area contributed by atoms with Crippen molar-refractivity contribution in [3.63, 3.8) is 0 Å². The summed E-state index contributed by atoms with van der Waals surface area (Å²) in [5, 5.41) is 2.84. The molecule has 1 aromatic rings. The van der Waals surface area contributed by atoms with Crippen LogP contribution in [0.2, 0.25) is 0 Å². The van der Waals surface area contributed by atoms with Gasteiger partial charge in [0.15, 0.2) is 0 Å². The van der Waals surface area contributed by atoms with E-state index in [2.05, 4.69) is 5.32 Å². The first-order valence-corrected chi connectivity index (χ1v) is 8.85. The molecule has 0 aliphatic carbocycles. The fraction of sp³-hybridized carbons (Fsp3) is 0.526. The predicted molar refractivity (Wildman–Crippen MR) is 98.8 cm³/mol. The molecule has 142 valence electrons. The van der Waals surface area contributed by atoms with Gasteiger partial charge in [-0.05, 0) is 39.3 Å². The van der Waals surface area contributed by atoms with Crippen molar-refractivity contribution in [3.8, 4) is 0 Å². The minimum Gasteiger partial charge on any atom is -0.450 e. The summed E-state index contributed by atoms with van der Waals surface area (Å²) < 4.78 is 4.98. The predicted octanol–water partition coefficient (Wildman–Crippen LogP) is 2.26. The summed E-state index contributed by atoms with van der Waals surface area (Å²) in [6.07, 6.45) is -0.365. The normalized spacial score (nSPS) is 14.8. The Bertz CT molecular complexity index is 679. The van der Waals surface area contributed by atoms with Crippen LogP contribution in [0.5, 0.6) is 0 Å². The SMILES string of the molecule is CCOC(=O)N1CCN(C(=O)C(C)(C)C(=O)Nc2ccccc2C)CC1. The second-order valence-corrected chi connectivity index (χ2v) is 6.87. The fourth-order valence-electron chi connectivity index (χ4n) is 2.79. The number of carbonyl (C=O) groups is 3. The second kappa shape index (κ2) is 8.21. The third kappa shape index (κ3) is 4.33. The molecule has 0 radical (unpaired) electrons. The first-order chi connectivity index (χ1) is 12.3. The lowest BCUT2D eigenvalue weighted by molar-refractivity contribution is -0.147. The average Bonchev–Trinajstić information content (AvgIpc) is 2.63. The quantitative estimate of drug-likeness (QED) is 0.835. The number of hydrogen-bond acceptors (Lipinski definition) is 4. The Kier molecular flexibility index (Phi) is 6.23. The van der Waals surface area contributed by atoms with Crippen molar-refractivity contribution in [3.05, 3.63) is 29.8 Å². The van der Waals surface area contributed by atoms with Crippen LogP contribution in [0.3, 0.4) is 0 Å². The summed E-state index contributed by atoms with van der Waals surface area (Å²) in [4.78, 5) is 40.5. The van der Waals surface area contributed by atoms with Gasteiger partial charge in [0.25, 0.3) is 0 Å². The minimum absolute atomic E-state index is 0.243. The summed E-state index contributed by atoms with van der Waals surface area (Å²) in [6.45, 7) is 8.81. The van der Waals surface area contributed by atoms with Crippen LogP contribution in [-0.4, -0.2) is 60.5 Å². The molecule has 1 fully saturated rings. The van der Waals surface area contributed by atoms with E-state index < -0.39 is 5.41 Å². The van der Waals surface area contributed by atoms with Crippen molar-refractivity contribution in [1.29, 1.82) is 0 Å². The largest absolute Gasteiger partial charge is 0.450 e. The van der Waals surface area contributed by atoms with E-state index in [0.717, 1.165) is 5.56 Å². The number of carbonyl (C=O) groups excluding carboxylic acids is 3. The van der Waals surface area contributed by atoms with Gasteiger partial charge in [0, 0.05) is 31.9 Å². The van der Waals surface area contributed by atoms with Gasteiger partial charge in [0.1, 0.15) is 5.41 Å². The zero-order valence-corrected chi connectivity index (χ0v) is 15.9. The Morgan fingerprint density at radius 1 is 1.08 bits per heavy atom. The van der Waals surface area contributed by atoms with Crippen molar-refractivity contribution in [1.82, 2.24) is 9.80 Å². The molecule has 0 unspecified atom stereocenters. The van der Waals surface area contributed by atoms with Gasteiger partial charge in [0.2, 0.25) is 11.8 Å². The molecule has 1 heterocycles. The number of amides is 3. The number of ether oxygens (including phenoxy) is 1. The van der Waals surface area contributed by atoms with E-state index >= 15 is 0 Å². The Hall–Kier alpha value is -2.57. The van der Waals surface area contributed by atoms with E-state index in [1.807, 2.05) is 31.2 Å². The molecule has 1 aliphatic rings. The van der Waals surface area contributed by atoms with Gasteiger partial charge in [-0.2, -0.15) is 0 Å². The van der Waals surface area contributed by atoms with Crippen molar-refractivity contribution in [2.24, 2.45) is 5.41 Å². The van der Waals surface area contributed by atoms with Crippen LogP contribution in [0.4, 0.5) is 10.5 Å². The molecule has 2 rings (SSSR count). The number of nitrogens with zero attached hydrogens (tertiary/aromatic N) is 2. The summed E-state index contributed by atoms with van der Waals surface area (Å²) in [5.74, 6) is -0.586. The average molecular weight is 361 g/mol. The maximum Gasteiger partial charge on any atom is 0.409 e. The molecule has 7 nitrogen and oxygen atoms in total. The van der Waals surface area contributed by atoms with Crippen LogP contribution in [0, 0.1) is 12.3 Å². The number of hydrogen-bond donors (Lipinski definition) is 1. The lowest BCUT2D eigenvalue weighted by atomic mass is 9.89. The maximum atomic E-state index is 12.9. The summed E-state index contributed by atoms with van der Waals surface area (Å²) in [5.41, 5.74) is 0.437. The van der Waals surface area contributed by atoms with Crippen LogP contribution in [0.25, 0.3) is 0 Å². The molecule has 3 amide bonds. The Balaban J connectivity index is 1.98. The van der Waals surface area contributed by atoms with Crippen molar-refractivity contribution >= 4 is 23.6 Å². The number of rotatable bonds is 4. The third-order valence-electron chi connectivity index (χ3n) is 4.59. The molecule has 7 heteroatoms. The molecule has 0 spiro atoms. The standard InChI is InChI=1S/C19H27N3O4/c1-5-26-18(25)22-12-10-21(11-13-22)17(24)19(3,4)16(23)20-15-9-7-6-8-14(15)2/h6-9H,5,10-13H2,1-4H3,(H,20,23). The number of para-hydroxylation sites is 1. The minimum atomic E-state index is -1.20. The Morgan fingerprint density at radius 3 is 2.23 bits per heavy atom. The molecule has 0 atom stereocenters. The molecule has 0 aromatic heterocycles. The van der Waals surface area contributed by atoms with E-state index in [-0.39, 0.29) is 17.9 Å². The Labute approximate surface area is 154 Å². The van der Waals surface area contributed by atoms with Crippen molar-refractivity contribution in [2.75, 3.05) is 38.1 Å². The van der Waals surface area contributed by atoms with Crippen LogP contribution in [-0.2, 0) is 14.3 Å². The summed E-state index contributed by atoms with van der Waals surface area (Å²) in [7, 11) is 0. The van der Waals surface area contributed by atoms with Gasteiger partial charge in [0.05, 0.1) is 6.61 Å². The highest BCUT2D eigenvalue weighted by molar-refractivity contribution is 6.10. The third-order valence-corrected chi connectivity index (χ3v) is 4.59. The lowest BCUT2D eigenvalue weighted by Gasteiger charge is -2.37.